The summed E-state index contributed by atoms with van der Waals surface area (Å²) in [6.07, 6.45) is 0. The Morgan fingerprint density at radius 1 is 1.06 bits per heavy atom. The van der Waals surface area contributed by atoms with Crippen molar-refractivity contribution in [1.82, 2.24) is 0 Å². The molecule has 1 atom stereocenters. The van der Waals surface area contributed by atoms with E-state index >= 15 is 0 Å². The van der Waals surface area contributed by atoms with Gasteiger partial charge in [-0.1, -0.05) is 35.9 Å². The number of rotatable bonds is 1. The van der Waals surface area contributed by atoms with Crippen molar-refractivity contribution in [3.63, 3.8) is 0 Å². The highest BCUT2D eigenvalue weighted by atomic mass is 35.5. The molecule has 0 radical (unpaired) electrons. The van der Waals surface area contributed by atoms with Gasteiger partial charge in [0.2, 0.25) is 0 Å². The molecule has 2 nitrogen and oxygen atoms in total. The van der Waals surface area contributed by atoms with Crippen molar-refractivity contribution in [3.05, 3.63) is 59.1 Å². The predicted molar refractivity (Wildman–Crippen MR) is 69.8 cm³/mol. The average molecular weight is 246 g/mol. The molecule has 0 fully saturated rings. The van der Waals surface area contributed by atoms with E-state index in [9.17, 15) is 0 Å². The zero-order valence-electron chi connectivity index (χ0n) is 9.19. The Balaban J connectivity index is 1.86. The van der Waals surface area contributed by atoms with Crippen molar-refractivity contribution in [2.75, 3.05) is 11.9 Å². The van der Waals surface area contributed by atoms with Gasteiger partial charge in [-0.2, -0.15) is 0 Å². The minimum absolute atomic E-state index is 0.183. The van der Waals surface area contributed by atoms with Crippen molar-refractivity contribution in [2.24, 2.45) is 0 Å². The summed E-state index contributed by atoms with van der Waals surface area (Å²) in [5.41, 5.74) is 2.22. The minimum atomic E-state index is 0.183. The van der Waals surface area contributed by atoms with Crippen LogP contribution in [-0.2, 0) is 0 Å². The van der Waals surface area contributed by atoms with Gasteiger partial charge in [-0.25, -0.2) is 0 Å². The van der Waals surface area contributed by atoms with Crippen LogP contribution < -0.4 is 10.1 Å². The molecule has 1 heterocycles. The lowest BCUT2D eigenvalue weighted by atomic mass is 10.1. The summed E-state index contributed by atoms with van der Waals surface area (Å²) in [6, 6.07) is 16.0. The number of nitrogens with one attached hydrogen (secondary N) is 1. The number of ether oxygens (including phenoxy) is 1. The summed E-state index contributed by atoms with van der Waals surface area (Å²) in [5, 5.41) is 4.22. The quantitative estimate of drug-likeness (QED) is 0.823. The van der Waals surface area contributed by atoms with E-state index in [-0.39, 0.29) is 6.04 Å². The van der Waals surface area contributed by atoms with Crippen LogP contribution in [0.5, 0.6) is 5.75 Å². The normalized spacial score (nSPS) is 17.8. The molecule has 3 heteroatoms. The van der Waals surface area contributed by atoms with E-state index in [1.54, 1.807) is 0 Å². The lowest BCUT2D eigenvalue weighted by Crippen LogP contribution is -2.23. The molecule has 1 aliphatic rings. The molecule has 1 aliphatic heterocycles. The Morgan fingerprint density at radius 3 is 2.65 bits per heavy atom. The highest BCUT2D eigenvalue weighted by molar-refractivity contribution is 6.30. The van der Waals surface area contributed by atoms with Crippen LogP contribution in [0.4, 0.5) is 5.69 Å². The van der Waals surface area contributed by atoms with Gasteiger partial charge < -0.3 is 10.1 Å². The van der Waals surface area contributed by atoms with Gasteiger partial charge in [-0.15, -0.1) is 0 Å². The fourth-order valence-corrected chi connectivity index (χ4v) is 2.11. The van der Waals surface area contributed by atoms with E-state index in [0.29, 0.717) is 6.61 Å². The molecule has 0 saturated heterocycles. The molecule has 0 spiro atoms. The third-order valence-electron chi connectivity index (χ3n) is 2.89. The summed E-state index contributed by atoms with van der Waals surface area (Å²) >= 11 is 5.88. The van der Waals surface area contributed by atoms with Gasteiger partial charge >= 0.3 is 0 Å². The first-order valence-corrected chi connectivity index (χ1v) is 5.94. The van der Waals surface area contributed by atoms with Crippen molar-refractivity contribution in [3.8, 4) is 5.75 Å². The molecular weight excluding hydrogens is 234 g/mol. The molecular formula is C14H12ClNO. The molecule has 0 aromatic heterocycles. The second-order valence-corrected chi connectivity index (χ2v) is 4.49. The highest BCUT2D eigenvalue weighted by Gasteiger charge is 2.19. The number of halogens is 1. The second-order valence-electron chi connectivity index (χ2n) is 4.06. The van der Waals surface area contributed by atoms with Crippen LogP contribution in [0, 0.1) is 0 Å². The van der Waals surface area contributed by atoms with Gasteiger partial charge in [-0.3, -0.25) is 0 Å². The molecule has 0 amide bonds. The first-order chi connectivity index (χ1) is 8.33. The average Bonchev–Trinajstić information content (AvgIpc) is 2.39. The van der Waals surface area contributed by atoms with E-state index < -0.39 is 0 Å². The summed E-state index contributed by atoms with van der Waals surface area (Å²) in [6.45, 7) is 0.638. The summed E-state index contributed by atoms with van der Waals surface area (Å²) < 4.78 is 5.73. The zero-order valence-corrected chi connectivity index (χ0v) is 9.95. The SMILES string of the molecule is Clc1ccc([C@@H]2COc3ccccc3N2)cc1. The molecule has 0 bridgehead atoms. The second kappa shape index (κ2) is 4.30. The van der Waals surface area contributed by atoms with E-state index in [0.717, 1.165) is 16.5 Å². The largest absolute Gasteiger partial charge is 0.489 e. The first-order valence-electron chi connectivity index (χ1n) is 5.57. The first kappa shape index (κ1) is 10.5. The molecule has 0 aliphatic carbocycles. The maximum atomic E-state index is 5.88. The van der Waals surface area contributed by atoms with Crippen molar-refractivity contribution in [1.29, 1.82) is 0 Å². The maximum Gasteiger partial charge on any atom is 0.142 e. The van der Waals surface area contributed by atoms with Crippen molar-refractivity contribution in [2.45, 2.75) is 6.04 Å². The maximum absolute atomic E-state index is 5.88. The fraction of sp³-hybridized carbons (Fsp3) is 0.143. The number of para-hydroxylation sites is 2. The van der Waals surface area contributed by atoms with Crippen LogP contribution in [0.15, 0.2) is 48.5 Å². The standard InChI is InChI=1S/C14H12ClNO/c15-11-7-5-10(6-8-11)13-9-17-14-4-2-1-3-12(14)16-13/h1-8,13,16H,9H2/t13-/m0/s1. The minimum Gasteiger partial charge on any atom is -0.489 e. The van der Waals surface area contributed by atoms with E-state index in [1.807, 2.05) is 48.5 Å². The number of hydrogen-bond donors (Lipinski definition) is 1. The van der Waals surface area contributed by atoms with Crippen molar-refractivity contribution >= 4 is 17.3 Å². The lowest BCUT2D eigenvalue weighted by Gasteiger charge is -2.27. The molecule has 3 rings (SSSR count). The molecule has 1 N–H and O–H groups in total. The van der Waals surface area contributed by atoms with Gasteiger partial charge in [0.05, 0.1) is 11.7 Å². The van der Waals surface area contributed by atoms with Gasteiger partial charge in [0.15, 0.2) is 0 Å². The highest BCUT2D eigenvalue weighted by Crippen LogP contribution is 2.33. The number of anilines is 1. The van der Waals surface area contributed by atoms with Crippen LogP contribution >= 0.6 is 11.6 Å². The fourth-order valence-electron chi connectivity index (χ4n) is 1.99. The van der Waals surface area contributed by atoms with E-state index in [2.05, 4.69) is 5.32 Å². The van der Waals surface area contributed by atoms with Gasteiger partial charge in [0, 0.05) is 5.02 Å². The van der Waals surface area contributed by atoms with E-state index in [4.69, 9.17) is 16.3 Å². The topological polar surface area (TPSA) is 21.3 Å². The number of benzene rings is 2. The zero-order chi connectivity index (χ0) is 11.7. The van der Waals surface area contributed by atoms with Crippen molar-refractivity contribution < 1.29 is 4.74 Å². The van der Waals surface area contributed by atoms with Crippen LogP contribution in [0.1, 0.15) is 11.6 Å². The Morgan fingerprint density at radius 2 is 1.82 bits per heavy atom. The number of hydrogen-bond acceptors (Lipinski definition) is 2. The predicted octanol–water partition coefficient (Wildman–Crippen LogP) is 3.89. The molecule has 0 unspecified atom stereocenters. The molecule has 2 aromatic rings. The lowest BCUT2D eigenvalue weighted by molar-refractivity contribution is 0.286. The summed E-state index contributed by atoms with van der Waals surface area (Å²) in [5.74, 6) is 0.915. The third-order valence-corrected chi connectivity index (χ3v) is 3.15. The summed E-state index contributed by atoms with van der Waals surface area (Å²) in [7, 11) is 0. The molecule has 17 heavy (non-hydrogen) atoms. The van der Waals surface area contributed by atoms with Gasteiger partial charge in [-0.05, 0) is 29.8 Å². The molecule has 0 saturated carbocycles. The Kier molecular flexibility index (Phi) is 2.65. The smallest absolute Gasteiger partial charge is 0.142 e. The third kappa shape index (κ3) is 2.08. The van der Waals surface area contributed by atoms with Gasteiger partial charge in [0.25, 0.3) is 0 Å². The van der Waals surface area contributed by atoms with Crippen LogP contribution in [0.2, 0.25) is 5.02 Å². The Labute approximate surface area is 105 Å². The van der Waals surface area contributed by atoms with Crippen LogP contribution in [0.3, 0.4) is 0 Å². The van der Waals surface area contributed by atoms with E-state index in [1.165, 1.54) is 5.56 Å². The van der Waals surface area contributed by atoms with Gasteiger partial charge in [0.1, 0.15) is 12.4 Å². The number of fused-ring (bicyclic) bond motifs is 1. The molecule has 2 aromatic carbocycles. The Bertz CT molecular complexity index is 524. The van der Waals surface area contributed by atoms with Crippen LogP contribution in [-0.4, -0.2) is 6.61 Å². The summed E-state index contributed by atoms with van der Waals surface area (Å²) in [4.78, 5) is 0. The Hall–Kier alpha value is -1.67. The molecule has 86 valence electrons. The monoisotopic (exact) mass is 245 g/mol. The van der Waals surface area contributed by atoms with Crippen LogP contribution in [0.25, 0.3) is 0 Å².